The van der Waals surface area contributed by atoms with E-state index in [4.69, 9.17) is 20.0 Å². The van der Waals surface area contributed by atoms with Crippen molar-refractivity contribution in [2.24, 2.45) is 5.73 Å². The second kappa shape index (κ2) is 8.43. The molecular formula is C22H25N3O5. The third-order valence-electron chi connectivity index (χ3n) is 5.54. The van der Waals surface area contributed by atoms with E-state index >= 15 is 0 Å². The van der Waals surface area contributed by atoms with Crippen molar-refractivity contribution in [2.75, 3.05) is 33.2 Å². The van der Waals surface area contributed by atoms with E-state index in [-0.39, 0.29) is 6.42 Å². The Morgan fingerprint density at radius 1 is 1.10 bits per heavy atom. The van der Waals surface area contributed by atoms with Gasteiger partial charge in [0.1, 0.15) is 28.5 Å². The molecule has 3 heterocycles. The van der Waals surface area contributed by atoms with Gasteiger partial charge in [-0.15, -0.1) is 0 Å². The number of likely N-dealkylation sites (N-methyl/N-ethyl adjacent to an activating group) is 1. The van der Waals surface area contributed by atoms with E-state index in [1.807, 2.05) is 6.07 Å². The number of nitrogens with zero attached hydrogens (tertiary/aromatic N) is 2. The Morgan fingerprint density at radius 3 is 2.43 bits per heavy atom. The number of aliphatic carboxylic acids is 1. The Kier molecular flexibility index (Phi) is 5.72. The van der Waals surface area contributed by atoms with Gasteiger partial charge in [0.15, 0.2) is 0 Å². The van der Waals surface area contributed by atoms with Crippen LogP contribution in [0.5, 0.6) is 5.75 Å². The minimum absolute atomic E-state index is 0.207. The zero-order chi connectivity index (χ0) is 21.3. The zero-order valence-electron chi connectivity index (χ0n) is 16.8. The van der Waals surface area contributed by atoms with Gasteiger partial charge in [-0.3, -0.25) is 9.69 Å². The molecule has 30 heavy (non-hydrogen) atoms. The highest BCUT2D eigenvalue weighted by Crippen LogP contribution is 2.31. The lowest BCUT2D eigenvalue weighted by Gasteiger charge is -2.32. The van der Waals surface area contributed by atoms with Gasteiger partial charge in [0.25, 0.3) is 0 Å². The average molecular weight is 411 g/mol. The number of ether oxygens (including phenoxy) is 1. The first kappa shape index (κ1) is 20.3. The number of hydrogen-bond donors (Lipinski definition) is 2. The number of piperazine rings is 1. The van der Waals surface area contributed by atoms with Gasteiger partial charge in [-0.05, 0) is 43.3 Å². The molecule has 158 valence electrons. The van der Waals surface area contributed by atoms with Gasteiger partial charge < -0.3 is 24.9 Å². The molecule has 1 saturated heterocycles. The number of benzene rings is 2. The Morgan fingerprint density at radius 2 is 1.77 bits per heavy atom. The number of esters is 1. The number of carbonyl (C=O) groups is 2. The summed E-state index contributed by atoms with van der Waals surface area (Å²) in [5.41, 5.74) is 8.91. The van der Waals surface area contributed by atoms with E-state index in [1.165, 1.54) is 0 Å². The molecule has 8 nitrogen and oxygen atoms in total. The lowest BCUT2D eigenvalue weighted by Crippen LogP contribution is -2.44. The molecule has 1 aliphatic rings. The van der Waals surface area contributed by atoms with Crippen molar-refractivity contribution < 1.29 is 23.8 Å². The molecule has 8 heteroatoms. The number of carboxylic acids is 1. The van der Waals surface area contributed by atoms with E-state index in [2.05, 4.69) is 16.8 Å². The summed E-state index contributed by atoms with van der Waals surface area (Å²) in [5.74, 6) is -1.12. The van der Waals surface area contributed by atoms with Crippen molar-refractivity contribution in [1.29, 1.82) is 0 Å². The van der Waals surface area contributed by atoms with Crippen molar-refractivity contribution in [1.82, 2.24) is 9.80 Å². The quantitative estimate of drug-likeness (QED) is 0.447. The van der Waals surface area contributed by atoms with Crippen molar-refractivity contribution in [3.05, 3.63) is 53.1 Å². The van der Waals surface area contributed by atoms with Crippen molar-refractivity contribution >= 4 is 23.1 Å². The predicted molar refractivity (Wildman–Crippen MR) is 111 cm³/mol. The molecule has 0 aliphatic carbocycles. The van der Waals surface area contributed by atoms with Gasteiger partial charge in [-0.25, -0.2) is 4.79 Å². The summed E-state index contributed by atoms with van der Waals surface area (Å²) in [6.45, 7) is 4.51. The summed E-state index contributed by atoms with van der Waals surface area (Å²) >= 11 is 0. The molecule has 4 rings (SSSR count). The normalized spacial score (nSPS) is 16.7. The van der Waals surface area contributed by atoms with Gasteiger partial charge in [-0.2, -0.15) is 0 Å². The number of hydrogen-bond acceptors (Lipinski definition) is 7. The maximum atomic E-state index is 12.9. The lowest BCUT2D eigenvalue weighted by atomic mass is 10.1. The molecule has 1 unspecified atom stereocenters. The Bertz CT molecular complexity index is 1020. The highest BCUT2D eigenvalue weighted by molar-refractivity contribution is 6.02. The second-order valence-corrected chi connectivity index (χ2v) is 7.78. The Hall–Kier alpha value is -2.94. The van der Waals surface area contributed by atoms with E-state index < -0.39 is 18.0 Å². The molecule has 1 fully saturated rings. The zero-order valence-corrected chi connectivity index (χ0v) is 16.8. The topological polar surface area (TPSA) is 109 Å². The van der Waals surface area contributed by atoms with Gasteiger partial charge in [-0.1, -0.05) is 12.1 Å². The maximum absolute atomic E-state index is 12.9. The molecule has 2 aromatic heterocycles. The van der Waals surface area contributed by atoms with Gasteiger partial charge in [0, 0.05) is 38.3 Å². The lowest BCUT2D eigenvalue weighted by molar-refractivity contribution is -0.138. The SMILES string of the molecule is CN1CCN(Cc2c(C(=O)Oc3ccc(CC(N)C(=O)O)cc3)c3ccc2o3)CC1. The van der Waals surface area contributed by atoms with Crippen LogP contribution in [0, 0.1) is 0 Å². The minimum Gasteiger partial charge on any atom is -0.480 e. The molecule has 0 saturated carbocycles. The molecule has 0 spiro atoms. The molecule has 1 atom stereocenters. The minimum atomic E-state index is -1.05. The molecule has 2 bridgehead atoms. The van der Waals surface area contributed by atoms with E-state index in [9.17, 15) is 9.59 Å². The third-order valence-corrected chi connectivity index (χ3v) is 5.54. The summed E-state index contributed by atoms with van der Waals surface area (Å²) in [6.07, 6.45) is 0.207. The number of carboxylic acid groups (broad SMARTS) is 1. The van der Waals surface area contributed by atoms with Gasteiger partial charge in [0.05, 0.1) is 0 Å². The average Bonchev–Trinajstić information content (AvgIpc) is 3.33. The molecule has 3 N–H and O–H groups in total. The number of furan rings is 2. The van der Waals surface area contributed by atoms with E-state index in [1.54, 1.807) is 30.3 Å². The molecule has 0 amide bonds. The number of rotatable bonds is 7. The van der Waals surface area contributed by atoms with E-state index in [0.717, 1.165) is 37.3 Å². The predicted octanol–water partition coefficient (Wildman–Crippen LogP) is 1.79. The highest BCUT2D eigenvalue weighted by atomic mass is 16.5. The monoisotopic (exact) mass is 411 g/mol. The van der Waals surface area contributed by atoms with Gasteiger partial charge >= 0.3 is 11.9 Å². The summed E-state index contributed by atoms with van der Waals surface area (Å²) < 4.78 is 11.3. The first-order chi connectivity index (χ1) is 14.4. The van der Waals surface area contributed by atoms with Crippen LogP contribution in [0.25, 0.3) is 11.2 Å². The van der Waals surface area contributed by atoms with Crippen LogP contribution in [0.4, 0.5) is 0 Å². The summed E-state index contributed by atoms with van der Waals surface area (Å²) in [6, 6.07) is 9.42. The number of fused-ring (bicyclic) bond motifs is 2. The van der Waals surface area contributed by atoms with Crippen LogP contribution in [0.15, 0.2) is 40.8 Å². The molecule has 1 aliphatic heterocycles. The molecule has 3 aromatic rings. The van der Waals surface area contributed by atoms with Crippen LogP contribution in [0.2, 0.25) is 0 Å². The fourth-order valence-electron chi connectivity index (χ4n) is 3.71. The largest absolute Gasteiger partial charge is 0.480 e. The van der Waals surface area contributed by atoms with Crippen molar-refractivity contribution in [3.63, 3.8) is 0 Å². The van der Waals surface area contributed by atoms with Crippen LogP contribution < -0.4 is 10.5 Å². The molecule has 0 radical (unpaired) electrons. The highest BCUT2D eigenvalue weighted by Gasteiger charge is 2.27. The summed E-state index contributed by atoms with van der Waals surface area (Å²) in [7, 11) is 2.11. The van der Waals surface area contributed by atoms with Crippen molar-refractivity contribution in [2.45, 2.75) is 19.0 Å². The second-order valence-electron chi connectivity index (χ2n) is 7.78. The van der Waals surface area contributed by atoms with Crippen LogP contribution >= 0.6 is 0 Å². The van der Waals surface area contributed by atoms with Gasteiger partial charge in [0.2, 0.25) is 0 Å². The maximum Gasteiger partial charge on any atom is 0.347 e. The fourth-order valence-corrected chi connectivity index (χ4v) is 3.71. The van der Waals surface area contributed by atoms with E-state index in [0.29, 0.717) is 29.0 Å². The summed E-state index contributed by atoms with van der Waals surface area (Å²) in [4.78, 5) is 28.4. The third kappa shape index (κ3) is 4.30. The fraction of sp³-hybridized carbons (Fsp3) is 0.364. The van der Waals surface area contributed by atoms with Crippen LogP contribution in [-0.4, -0.2) is 66.1 Å². The number of carbonyl (C=O) groups excluding carboxylic acids is 1. The smallest absolute Gasteiger partial charge is 0.347 e. The van der Waals surface area contributed by atoms with Crippen molar-refractivity contribution in [3.8, 4) is 5.75 Å². The molecule has 1 aromatic carbocycles. The Labute approximate surface area is 174 Å². The molecular weight excluding hydrogens is 386 g/mol. The first-order valence-corrected chi connectivity index (χ1v) is 9.95. The summed E-state index contributed by atoms with van der Waals surface area (Å²) in [5, 5.41) is 8.92. The van der Waals surface area contributed by atoms with Crippen LogP contribution in [0.3, 0.4) is 0 Å². The van der Waals surface area contributed by atoms with Crippen LogP contribution in [0.1, 0.15) is 21.5 Å². The first-order valence-electron chi connectivity index (χ1n) is 9.95. The van der Waals surface area contributed by atoms with Crippen LogP contribution in [-0.2, 0) is 17.8 Å². The number of nitrogens with two attached hydrogens (primary N) is 1. The Balaban J connectivity index is 1.46. The standard InChI is InChI=1S/C22H25N3O5/c1-24-8-10-25(11-9-24)13-16-18-6-7-19(30-18)20(16)22(28)29-15-4-2-14(3-5-15)12-17(23)21(26)27/h2-7,17H,8-13,23H2,1H3,(H,26,27).